The van der Waals surface area contributed by atoms with Crippen molar-refractivity contribution in [2.75, 3.05) is 5.32 Å². The molecule has 2 nitrogen and oxygen atoms in total. The van der Waals surface area contributed by atoms with E-state index in [4.69, 9.17) is 0 Å². The van der Waals surface area contributed by atoms with Crippen LogP contribution in [0.5, 0.6) is 5.75 Å². The maximum atomic E-state index is 12.9. The summed E-state index contributed by atoms with van der Waals surface area (Å²) in [4.78, 5) is 0. The fourth-order valence-corrected chi connectivity index (χ4v) is 1.17. The average Bonchev–Trinajstić information content (AvgIpc) is 2.15. The van der Waals surface area contributed by atoms with Gasteiger partial charge in [-0.15, -0.1) is 0 Å². The highest BCUT2D eigenvalue weighted by molar-refractivity contribution is 5.62. The van der Waals surface area contributed by atoms with E-state index < -0.39 is 17.9 Å². The lowest BCUT2D eigenvalue weighted by atomic mass is 10.2. The van der Waals surface area contributed by atoms with Crippen LogP contribution in [0, 0.1) is 0 Å². The van der Waals surface area contributed by atoms with Crippen LogP contribution in [0.15, 0.2) is 36.0 Å². The first-order valence-electron chi connectivity index (χ1n) is 3.99. The Hall–Kier alpha value is -1.72. The van der Waals surface area contributed by atoms with E-state index in [-0.39, 0.29) is 11.4 Å². The number of benzene rings is 1. The van der Waals surface area contributed by atoms with E-state index in [0.29, 0.717) is 0 Å². The SMILES string of the molecule is FC1=C(C(F)(F)F)Nc2ccccc2O1. The van der Waals surface area contributed by atoms with Crippen LogP contribution >= 0.6 is 0 Å². The number of anilines is 1. The van der Waals surface area contributed by atoms with Gasteiger partial charge in [-0.25, -0.2) is 0 Å². The zero-order chi connectivity index (χ0) is 11.1. The summed E-state index contributed by atoms with van der Waals surface area (Å²) in [7, 11) is 0. The van der Waals surface area contributed by atoms with Gasteiger partial charge >= 0.3 is 12.2 Å². The monoisotopic (exact) mass is 219 g/mol. The molecule has 1 aliphatic heterocycles. The summed E-state index contributed by atoms with van der Waals surface area (Å²) in [5.74, 6) is 0.0306. The fraction of sp³-hybridized carbons (Fsp3) is 0.111. The first-order chi connectivity index (χ1) is 6.98. The predicted octanol–water partition coefficient (Wildman–Crippen LogP) is 3.19. The van der Waals surface area contributed by atoms with Crippen molar-refractivity contribution in [3.8, 4) is 5.75 Å². The predicted molar refractivity (Wildman–Crippen MR) is 44.9 cm³/mol. The molecular formula is C9H5F4NO. The summed E-state index contributed by atoms with van der Waals surface area (Å²) in [5, 5.41) is 1.94. The van der Waals surface area contributed by atoms with Crippen LogP contribution in [0.3, 0.4) is 0 Å². The largest absolute Gasteiger partial charge is 0.437 e. The Kier molecular flexibility index (Phi) is 2.06. The Morgan fingerprint density at radius 1 is 1.13 bits per heavy atom. The van der Waals surface area contributed by atoms with Crippen molar-refractivity contribution in [1.29, 1.82) is 0 Å². The molecule has 2 rings (SSSR count). The molecule has 80 valence electrons. The van der Waals surface area contributed by atoms with Crippen molar-refractivity contribution in [1.82, 2.24) is 0 Å². The molecule has 1 aliphatic rings. The Labute approximate surface area is 82.2 Å². The van der Waals surface area contributed by atoms with E-state index in [9.17, 15) is 17.6 Å². The van der Waals surface area contributed by atoms with Gasteiger partial charge in [-0.3, -0.25) is 0 Å². The van der Waals surface area contributed by atoms with E-state index in [1.807, 2.05) is 5.32 Å². The second-order valence-electron chi connectivity index (χ2n) is 2.87. The van der Waals surface area contributed by atoms with Crippen LogP contribution in [0.2, 0.25) is 0 Å². The number of allylic oxidation sites excluding steroid dienone is 1. The minimum absolute atomic E-state index is 0.0306. The molecule has 6 heteroatoms. The van der Waals surface area contributed by atoms with Gasteiger partial charge in [-0.05, 0) is 12.1 Å². The number of rotatable bonds is 0. The summed E-state index contributed by atoms with van der Waals surface area (Å²) in [6.45, 7) is 0. The lowest BCUT2D eigenvalue weighted by Gasteiger charge is -2.21. The third-order valence-corrected chi connectivity index (χ3v) is 1.83. The second kappa shape index (κ2) is 3.15. The van der Waals surface area contributed by atoms with Gasteiger partial charge in [0.2, 0.25) is 0 Å². The van der Waals surface area contributed by atoms with Crippen molar-refractivity contribution in [2.45, 2.75) is 6.18 Å². The topological polar surface area (TPSA) is 21.3 Å². The van der Waals surface area contributed by atoms with Crippen molar-refractivity contribution in [3.63, 3.8) is 0 Å². The molecule has 1 heterocycles. The lowest BCUT2D eigenvalue weighted by molar-refractivity contribution is -0.0950. The third-order valence-electron chi connectivity index (χ3n) is 1.83. The molecular weight excluding hydrogens is 214 g/mol. The molecule has 0 unspecified atom stereocenters. The van der Waals surface area contributed by atoms with Gasteiger partial charge in [-0.1, -0.05) is 12.1 Å². The average molecular weight is 219 g/mol. The Balaban J connectivity index is 2.40. The van der Waals surface area contributed by atoms with E-state index >= 15 is 0 Å². The molecule has 0 atom stereocenters. The van der Waals surface area contributed by atoms with E-state index in [1.165, 1.54) is 24.3 Å². The number of halogens is 4. The van der Waals surface area contributed by atoms with Crippen LogP contribution in [0.1, 0.15) is 0 Å². The first kappa shape index (κ1) is 9.82. The standard InChI is InChI=1S/C9H5F4NO/c10-8-7(9(11,12)13)14-5-3-1-2-4-6(5)15-8/h1-4,14H. The van der Waals surface area contributed by atoms with Crippen molar-refractivity contribution >= 4 is 5.69 Å². The van der Waals surface area contributed by atoms with E-state index in [0.717, 1.165) is 0 Å². The molecule has 0 radical (unpaired) electrons. The quantitative estimate of drug-likeness (QED) is 0.676. The summed E-state index contributed by atoms with van der Waals surface area (Å²) in [6, 6.07) is 4.13. The van der Waals surface area contributed by atoms with Crippen LogP contribution in [-0.4, -0.2) is 6.18 Å². The number of alkyl halides is 3. The van der Waals surface area contributed by atoms with Gasteiger partial charge in [0.15, 0.2) is 11.4 Å². The van der Waals surface area contributed by atoms with Gasteiger partial charge in [0.25, 0.3) is 0 Å². The highest BCUT2D eigenvalue weighted by atomic mass is 19.4. The molecule has 0 fully saturated rings. The van der Waals surface area contributed by atoms with Crippen LogP contribution in [-0.2, 0) is 0 Å². The molecule has 0 saturated heterocycles. The summed E-state index contributed by atoms with van der Waals surface area (Å²) < 4.78 is 54.0. The van der Waals surface area contributed by atoms with Crippen LogP contribution in [0.4, 0.5) is 23.2 Å². The second-order valence-corrected chi connectivity index (χ2v) is 2.87. The van der Waals surface area contributed by atoms with Crippen molar-refractivity contribution < 1.29 is 22.3 Å². The van der Waals surface area contributed by atoms with Gasteiger partial charge in [0.05, 0.1) is 5.69 Å². The molecule has 0 aromatic heterocycles. The number of ether oxygens (including phenoxy) is 1. The molecule has 0 spiro atoms. The molecule has 1 aromatic rings. The molecule has 1 N–H and O–H groups in total. The highest BCUT2D eigenvalue weighted by Gasteiger charge is 2.41. The van der Waals surface area contributed by atoms with E-state index in [1.54, 1.807) is 0 Å². The van der Waals surface area contributed by atoms with Gasteiger partial charge in [0.1, 0.15) is 0 Å². The third kappa shape index (κ3) is 1.74. The summed E-state index contributed by atoms with van der Waals surface area (Å²) >= 11 is 0. The zero-order valence-corrected chi connectivity index (χ0v) is 7.23. The van der Waals surface area contributed by atoms with Gasteiger partial charge in [-0.2, -0.15) is 17.6 Å². The number of fused-ring (bicyclic) bond motifs is 1. The van der Waals surface area contributed by atoms with Crippen LogP contribution in [0.25, 0.3) is 0 Å². The number of hydrogen-bond donors (Lipinski definition) is 1. The van der Waals surface area contributed by atoms with Crippen LogP contribution < -0.4 is 10.1 Å². The molecule has 1 aromatic carbocycles. The maximum absolute atomic E-state index is 12.9. The van der Waals surface area contributed by atoms with E-state index in [2.05, 4.69) is 4.74 Å². The van der Waals surface area contributed by atoms with Crippen molar-refractivity contribution in [2.24, 2.45) is 0 Å². The number of nitrogens with one attached hydrogen (secondary N) is 1. The Bertz CT molecular complexity index is 424. The first-order valence-corrected chi connectivity index (χ1v) is 3.99. The smallest absolute Gasteiger partial charge is 0.428 e. The van der Waals surface area contributed by atoms with Gasteiger partial charge < -0.3 is 10.1 Å². The minimum Gasteiger partial charge on any atom is -0.428 e. The summed E-state index contributed by atoms with van der Waals surface area (Å²) in [6.07, 6.45) is -4.79. The number of hydrogen-bond acceptors (Lipinski definition) is 2. The summed E-state index contributed by atoms with van der Waals surface area (Å²) in [5.41, 5.74) is -1.42. The Morgan fingerprint density at radius 3 is 2.47 bits per heavy atom. The highest BCUT2D eigenvalue weighted by Crippen LogP contribution is 2.38. The normalized spacial score (nSPS) is 15.5. The molecule has 0 amide bonds. The molecule has 0 saturated carbocycles. The fourth-order valence-electron chi connectivity index (χ4n) is 1.17. The van der Waals surface area contributed by atoms with Crippen molar-refractivity contribution in [3.05, 3.63) is 36.0 Å². The van der Waals surface area contributed by atoms with Gasteiger partial charge in [0, 0.05) is 0 Å². The molecule has 0 aliphatic carbocycles. The minimum atomic E-state index is -4.79. The molecule has 15 heavy (non-hydrogen) atoms. The lowest BCUT2D eigenvalue weighted by Crippen LogP contribution is -2.25. The zero-order valence-electron chi connectivity index (χ0n) is 7.23. The molecule has 0 bridgehead atoms. The Morgan fingerprint density at radius 2 is 1.80 bits per heavy atom. The number of para-hydroxylation sites is 2. The maximum Gasteiger partial charge on any atom is 0.437 e.